The van der Waals surface area contributed by atoms with Crippen molar-refractivity contribution in [2.75, 3.05) is 0 Å². The molecule has 0 radical (unpaired) electrons. The fourth-order valence-electron chi connectivity index (χ4n) is 2.68. The van der Waals surface area contributed by atoms with Crippen molar-refractivity contribution < 1.29 is 36.0 Å². The van der Waals surface area contributed by atoms with Crippen LogP contribution in [-0.2, 0) is 21.0 Å². The van der Waals surface area contributed by atoms with Crippen molar-refractivity contribution in [1.29, 1.82) is 0 Å². The number of alkyl halides is 3. The van der Waals surface area contributed by atoms with Gasteiger partial charge in [0.1, 0.15) is 15.9 Å². The molecule has 3 rings (SSSR count). The Bertz CT molecular complexity index is 1190. The van der Waals surface area contributed by atoms with Crippen LogP contribution < -0.4 is 4.72 Å². The summed E-state index contributed by atoms with van der Waals surface area (Å²) in [5, 5.41) is 13.3. The van der Waals surface area contributed by atoms with Gasteiger partial charge in [-0.15, -0.1) is 11.3 Å². The highest BCUT2D eigenvalue weighted by molar-refractivity contribution is 7.91. The van der Waals surface area contributed by atoms with Gasteiger partial charge in [-0.3, -0.25) is 4.79 Å². The Morgan fingerprint density at radius 3 is 2.42 bits per heavy atom. The molecule has 7 nitrogen and oxygen atoms in total. The van der Waals surface area contributed by atoms with E-state index in [4.69, 9.17) is 11.6 Å². The highest BCUT2D eigenvalue weighted by Gasteiger charge is 2.37. The van der Waals surface area contributed by atoms with Crippen LogP contribution in [0.3, 0.4) is 0 Å². The summed E-state index contributed by atoms with van der Waals surface area (Å²) in [5.74, 6) is -3.45. The predicted octanol–water partition coefficient (Wildman–Crippen LogP) is 4.61. The van der Waals surface area contributed by atoms with Crippen LogP contribution in [0.2, 0.25) is 5.02 Å². The SMILES string of the molecule is CC(c1ccc(Cl)cc1)C(NS(=O)(=O)c1ccc(-c2cc(C(F)(F)F)on2)s1)C(=O)O. The van der Waals surface area contributed by atoms with Crippen molar-refractivity contribution in [2.45, 2.75) is 29.3 Å². The Hall–Kier alpha value is -2.41. The van der Waals surface area contributed by atoms with Gasteiger partial charge in [0.15, 0.2) is 0 Å². The average molecular weight is 495 g/mol. The second-order valence-corrected chi connectivity index (χ2v) is 9.93. The lowest BCUT2D eigenvalue weighted by molar-refractivity contribution is -0.155. The van der Waals surface area contributed by atoms with Gasteiger partial charge in [0.2, 0.25) is 5.76 Å². The van der Waals surface area contributed by atoms with Crippen LogP contribution in [0.15, 0.2) is 51.2 Å². The van der Waals surface area contributed by atoms with Crippen molar-refractivity contribution in [2.24, 2.45) is 0 Å². The van der Waals surface area contributed by atoms with E-state index in [1.54, 1.807) is 31.2 Å². The molecule has 166 valence electrons. The summed E-state index contributed by atoms with van der Waals surface area (Å²) in [5.41, 5.74) is 0.358. The summed E-state index contributed by atoms with van der Waals surface area (Å²) < 4.78 is 69.6. The molecule has 31 heavy (non-hydrogen) atoms. The number of hydrogen-bond acceptors (Lipinski definition) is 6. The zero-order valence-electron chi connectivity index (χ0n) is 15.6. The minimum absolute atomic E-state index is 0.109. The van der Waals surface area contributed by atoms with Gasteiger partial charge in [-0.05, 0) is 29.8 Å². The molecule has 2 unspecified atom stereocenters. The normalized spacial score (nSPS) is 14.4. The van der Waals surface area contributed by atoms with Gasteiger partial charge in [0.25, 0.3) is 10.0 Å². The Balaban J connectivity index is 1.84. The number of nitrogens with zero attached hydrogens (tertiary/aromatic N) is 1. The van der Waals surface area contributed by atoms with Gasteiger partial charge < -0.3 is 9.63 Å². The number of sulfonamides is 1. The van der Waals surface area contributed by atoms with E-state index in [1.807, 2.05) is 0 Å². The molecule has 0 aliphatic rings. The first-order valence-electron chi connectivity index (χ1n) is 8.53. The maximum atomic E-state index is 12.7. The molecule has 0 spiro atoms. The monoisotopic (exact) mass is 494 g/mol. The van der Waals surface area contributed by atoms with Gasteiger partial charge >= 0.3 is 12.1 Å². The molecule has 1 aromatic carbocycles. The molecule has 13 heteroatoms. The third-order valence-corrected chi connectivity index (χ3v) is 7.62. The first kappa shape index (κ1) is 23.3. The summed E-state index contributed by atoms with van der Waals surface area (Å²) in [6.07, 6.45) is -4.73. The molecule has 0 fully saturated rings. The molecular weight excluding hydrogens is 481 g/mol. The zero-order valence-corrected chi connectivity index (χ0v) is 17.9. The smallest absolute Gasteiger partial charge is 0.452 e. The number of aromatic nitrogens is 1. The van der Waals surface area contributed by atoms with Gasteiger partial charge in [0, 0.05) is 17.0 Å². The number of halogens is 4. The second kappa shape index (κ2) is 8.61. The number of carboxylic acids is 1. The summed E-state index contributed by atoms with van der Waals surface area (Å²) in [6.45, 7) is 1.54. The molecule has 2 aromatic heterocycles. The lowest BCUT2D eigenvalue weighted by atomic mass is 9.94. The number of carbonyl (C=O) groups is 1. The van der Waals surface area contributed by atoms with Crippen LogP contribution in [0.1, 0.15) is 24.2 Å². The van der Waals surface area contributed by atoms with Crippen molar-refractivity contribution in [3.63, 3.8) is 0 Å². The lowest BCUT2D eigenvalue weighted by Gasteiger charge is -2.21. The number of benzene rings is 1. The first-order chi connectivity index (χ1) is 14.4. The molecule has 0 aliphatic heterocycles. The number of thiophene rings is 1. The van der Waals surface area contributed by atoms with Crippen molar-refractivity contribution in [1.82, 2.24) is 9.88 Å². The number of nitrogens with one attached hydrogen (secondary N) is 1. The predicted molar refractivity (Wildman–Crippen MR) is 106 cm³/mol. The molecule has 3 aromatic rings. The van der Waals surface area contributed by atoms with Crippen LogP contribution in [0.5, 0.6) is 0 Å². The summed E-state index contributed by atoms with van der Waals surface area (Å²) in [6, 6.07) is 7.84. The second-order valence-electron chi connectivity index (χ2n) is 6.47. The maximum absolute atomic E-state index is 12.7. The van der Waals surface area contributed by atoms with Gasteiger partial charge in [-0.1, -0.05) is 35.8 Å². The van der Waals surface area contributed by atoms with E-state index < -0.39 is 39.9 Å². The van der Waals surface area contributed by atoms with Gasteiger partial charge in [0.05, 0.1) is 4.88 Å². The number of rotatable bonds is 7. The van der Waals surface area contributed by atoms with E-state index in [0.717, 1.165) is 6.07 Å². The minimum Gasteiger partial charge on any atom is -0.480 e. The van der Waals surface area contributed by atoms with Gasteiger partial charge in [-0.2, -0.15) is 17.9 Å². The molecule has 2 atom stereocenters. The van der Waals surface area contributed by atoms with E-state index in [1.165, 1.54) is 6.07 Å². The Morgan fingerprint density at radius 1 is 1.23 bits per heavy atom. The van der Waals surface area contributed by atoms with Crippen molar-refractivity contribution in [3.8, 4) is 10.6 Å². The topological polar surface area (TPSA) is 110 Å². The minimum atomic E-state index is -4.73. The van der Waals surface area contributed by atoms with Crippen molar-refractivity contribution >= 4 is 38.9 Å². The third-order valence-electron chi connectivity index (χ3n) is 4.33. The summed E-state index contributed by atoms with van der Waals surface area (Å²) in [7, 11) is -4.29. The Labute approximate surface area is 183 Å². The summed E-state index contributed by atoms with van der Waals surface area (Å²) in [4.78, 5) is 11.8. The van der Waals surface area contributed by atoms with Crippen LogP contribution in [0.4, 0.5) is 13.2 Å². The zero-order chi connectivity index (χ0) is 23.0. The summed E-state index contributed by atoms with van der Waals surface area (Å²) >= 11 is 6.45. The average Bonchev–Trinajstić information content (AvgIpc) is 3.35. The highest BCUT2D eigenvalue weighted by atomic mass is 35.5. The lowest BCUT2D eigenvalue weighted by Crippen LogP contribution is -2.43. The molecule has 2 heterocycles. The molecule has 0 saturated heterocycles. The van der Waals surface area contributed by atoms with E-state index in [2.05, 4.69) is 14.4 Å². The number of carboxylic acid groups (broad SMARTS) is 1. The van der Waals surface area contributed by atoms with Crippen LogP contribution >= 0.6 is 22.9 Å². The molecule has 0 aliphatic carbocycles. The molecular formula is C18H14ClF3N2O5S2. The third kappa shape index (κ3) is 5.26. The molecule has 0 bridgehead atoms. The van der Waals surface area contributed by atoms with Crippen molar-refractivity contribution in [3.05, 3.63) is 58.8 Å². The number of aliphatic carboxylic acids is 1. The van der Waals surface area contributed by atoms with Gasteiger partial charge in [-0.25, -0.2) is 8.42 Å². The van der Waals surface area contributed by atoms with Crippen LogP contribution in [-0.4, -0.2) is 30.7 Å². The fraction of sp³-hybridized carbons (Fsp3) is 0.222. The largest absolute Gasteiger partial charge is 0.480 e. The Morgan fingerprint density at radius 2 is 1.87 bits per heavy atom. The quantitative estimate of drug-likeness (QED) is 0.496. The molecule has 0 saturated carbocycles. The first-order valence-corrected chi connectivity index (χ1v) is 11.2. The highest BCUT2D eigenvalue weighted by Crippen LogP contribution is 2.35. The van der Waals surface area contributed by atoms with E-state index in [-0.39, 0.29) is 14.8 Å². The molecule has 2 N–H and O–H groups in total. The molecule has 0 amide bonds. The number of hydrogen-bond donors (Lipinski definition) is 2. The van der Waals surface area contributed by atoms with E-state index in [0.29, 0.717) is 28.0 Å². The van der Waals surface area contributed by atoms with E-state index in [9.17, 15) is 31.5 Å². The van der Waals surface area contributed by atoms with Crippen LogP contribution in [0, 0.1) is 0 Å². The van der Waals surface area contributed by atoms with Crippen LogP contribution in [0.25, 0.3) is 10.6 Å². The Kier molecular flexibility index (Phi) is 6.46. The maximum Gasteiger partial charge on any atom is 0.452 e. The fourth-order valence-corrected chi connectivity index (χ4v) is 5.35. The van der Waals surface area contributed by atoms with E-state index >= 15 is 0 Å². The standard InChI is InChI=1S/C18H14ClF3N2O5S2/c1-9(10-2-4-11(19)5-3-10)16(17(25)26)24-31(27,28)15-7-6-13(30-15)12-8-14(29-23-12)18(20,21)22/h2-9,16,24H,1H3,(H,25,26).